The molecule has 0 saturated heterocycles. The molecule has 0 unspecified atom stereocenters. The molecule has 0 fully saturated rings. The number of pyridine rings is 1. The highest BCUT2D eigenvalue weighted by atomic mass is 19.1. The van der Waals surface area contributed by atoms with E-state index in [-0.39, 0.29) is 5.82 Å². The van der Waals surface area contributed by atoms with Crippen molar-refractivity contribution in [1.29, 1.82) is 0 Å². The Morgan fingerprint density at radius 3 is 2.67 bits per heavy atom. The van der Waals surface area contributed by atoms with Crippen LogP contribution in [0.2, 0.25) is 0 Å². The molecular formula is C17H22FN3. The van der Waals surface area contributed by atoms with E-state index in [0.717, 1.165) is 23.6 Å². The van der Waals surface area contributed by atoms with Crippen molar-refractivity contribution in [1.82, 2.24) is 10.3 Å². The monoisotopic (exact) mass is 287 g/mol. The Morgan fingerprint density at radius 1 is 1.24 bits per heavy atom. The van der Waals surface area contributed by atoms with Gasteiger partial charge in [0.2, 0.25) is 0 Å². The normalized spacial score (nSPS) is 10.7. The van der Waals surface area contributed by atoms with Crippen LogP contribution in [0, 0.1) is 19.7 Å². The summed E-state index contributed by atoms with van der Waals surface area (Å²) in [4.78, 5) is 6.30. The van der Waals surface area contributed by atoms with E-state index in [0.29, 0.717) is 6.54 Å². The van der Waals surface area contributed by atoms with Gasteiger partial charge in [0.15, 0.2) is 0 Å². The van der Waals surface area contributed by atoms with Crippen molar-refractivity contribution in [3.05, 3.63) is 53.0 Å². The molecule has 3 nitrogen and oxygen atoms in total. The molecule has 2 rings (SSSR count). The number of nitrogens with zero attached hydrogens (tertiary/aromatic N) is 2. The van der Waals surface area contributed by atoms with Crippen LogP contribution in [0.5, 0.6) is 0 Å². The molecule has 0 bridgehead atoms. The maximum Gasteiger partial charge on any atom is 0.141 e. The van der Waals surface area contributed by atoms with Gasteiger partial charge in [0, 0.05) is 24.8 Å². The zero-order valence-electron chi connectivity index (χ0n) is 13.1. The highest BCUT2D eigenvalue weighted by Gasteiger charge is 2.13. The number of hydrogen-bond acceptors (Lipinski definition) is 3. The summed E-state index contributed by atoms with van der Waals surface area (Å²) < 4.78 is 13.5. The van der Waals surface area contributed by atoms with Crippen LogP contribution in [-0.4, -0.2) is 18.6 Å². The molecule has 21 heavy (non-hydrogen) atoms. The highest BCUT2D eigenvalue weighted by Crippen LogP contribution is 2.28. The number of aromatic nitrogens is 1. The van der Waals surface area contributed by atoms with E-state index in [1.807, 2.05) is 18.9 Å². The molecule has 0 saturated carbocycles. The van der Waals surface area contributed by atoms with Crippen molar-refractivity contribution in [3.8, 4) is 0 Å². The van der Waals surface area contributed by atoms with Gasteiger partial charge in [-0.05, 0) is 38.1 Å². The minimum absolute atomic E-state index is 0.305. The average Bonchev–Trinajstić information content (AvgIpc) is 2.44. The van der Waals surface area contributed by atoms with Gasteiger partial charge >= 0.3 is 0 Å². The summed E-state index contributed by atoms with van der Waals surface area (Å²) in [7, 11) is 1.97. The number of rotatable bonds is 5. The molecule has 0 spiro atoms. The first kappa shape index (κ1) is 15.4. The molecule has 0 aliphatic rings. The number of nitrogens with one attached hydrogen (secondary N) is 1. The third kappa shape index (κ3) is 3.58. The Bertz CT molecular complexity index is 625. The van der Waals surface area contributed by atoms with Crippen LogP contribution in [0.1, 0.15) is 23.6 Å². The molecule has 2 aromatic rings. The van der Waals surface area contributed by atoms with Gasteiger partial charge in [0.25, 0.3) is 0 Å². The second kappa shape index (κ2) is 6.68. The van der Waals surface area contributed by atoms with E-state index in [2.05, 4.69) is 42.3 Å². The lowest BCUT2D eigenvalue weighted by Gasteiger charge is -2.23. The predicted octanol–water partition coefficient (Wildman–Crippen LogP) is 3.71. The molecule has 0 radical (unpaired) electrons. The van der Waals surface area contributed by atoms with E-state index in [9.17, 15) is 4.39 Å². The first-order valence-electron chi connectivity index (χ1n) is 7.19. The van der Waals surface area contributed by atoms with Crippen LogP contribution in [0.4, 0.5) is 15.9 Å². The summed E-state index contributed by atoms with van der Waals surface area (Å²) in [5.41, 5.74) is 4.35. The summed E-state index contributed by atoms with van der Waals surface area (Å²) in [6.07, 6.45) is 1.27. The van der Waals surface area contributed by atoms with Crippen molar-refractivity contribution in [2.24, 2.45) is 0 Å². The fourth-order valence-corrected chi connectivity index (χ4v) is 2.46. The molecule has 1 aromatic carbocycles. The van der Waals surface area contributed by atoms with Gasteiger partial charge < -0.3 is 10.2 Å². The van der Waals surface area contributed by atoms with E-state index in [1.54, 1.807) is 6.07 Å². The molecule has 112 valence electrons. The van der Waals surface area contributed by atoms with Crippen LogP contribution < -0.4 is 10.2 Å². The van der Waals surface area contributed by atoms with Crippen LogP contribution in [0.15, 0.2) is 30.5 Å². The van der Waals surface area contributed by atoms with E-state index >= 15 is 0 Å². The first-order valence-corrected chi connectivity index (χ1v) is 7.19. The minimum atomic E-state index is -0.305. The number of anilines is 2. The molecule has 4 heteroatoms. The molecule has 1 heterocycles. The standard InChI is InChI=1S/C17H22FN3/c1-5-19-10-14-9-15(18)11-20-17(14)21(4)16-7-6-12(2)8-13(16)3/h6-9,11,19H,5,10H2,1-4H3. The fraction of sp³-hybridized carbons (Fsp3) is 0.353. The van der Waals surface area contributed by atoms with Crippen molar-refractivity contribution in [3.63, 3.8) is 0 Å². The third-order valence-corrected chi connectivity index (χ3v) is 3.51. The van der Waals surface area contributed by atoms with Crippen molar-refractivity contribution in [2.45, 2.75) is 27.3 Å². The lowest BCUT2D eigenvalue weighted by atomic mass is 10.1. The van der Waals surface area contributed by atoms with Crippen molar-refractivity contribution >= 4 is 11.5 Å². The maximum atomic E-state index is 13.5. The first-order chi connectivity index (χ1) is 10.0. The maximum absolute atomic E-state index is 13.5. The predicted molar refractivity (Wildman–Crippen MR) is 85.6 cm³/mol. The SMILES string of the molecule is CCNCc1cc(F)cnc1N(C)c1ccc(C)cc1C. The number of hydrogen-bond donors (Lipinski definition) is 1. The molecule has 0 aliphatic heterocycles. The Hall–Kier alpha value is -1.94. The smallest absolute Gasteiger partial charge is 0.141 e. The average molecular weight is 287 g/mol. The van der Waals surface area contributed by atoms with Crippen LogP contribution >= 0.6 is 0 Å². The third-order valence-electron chi connectivity index (χ3n) is 3.51. The zero-order chi connectivity index (χ0) is 15.4. The lowest BCUT2D eigenvalue weighted by Crippen LogP contribution is -2.19. The summed E-state index contributed by atoms with van der Waals surface area (Å²) in [6.45, 7) is 7.62. The quantitative estimate of drug-likeness (QED) is 0.908. The number of benzene rings is 1. The van der Waals surface area contributed by atoms with Gasteiger partial charge in [-0.25, -0.2) is 9.37 Å². The Balaban J connectivity index is 2.39. The van der Waals surface area contributed by atoms with E-state index in [4.69, 9.17) is 0 Å². The van der Waals surface area contributed by atoms with Gasteiger partial charge in [-0.2, -0.15) is 0 Å². The Morgan fingerprint density at radius 2 is 2.00 bits per heavy atom. The van der Waals surface area contributed by atoms with Crippen LogP contribution in [0.25, 0.3) is 0 Å². The second-order valence-corrected chi connectivity index (χ2v) is 5.27. The summed E-state index contributed by atoms with van der Waals surface area (Å²) in [5.74, 6) is 0.477. The molecule has 0 atom stereocenters. The highest BCUT2D eigenvalue weighted by molar-refractivity contribution is 5.65. The summed E-state index contributed by atoms with van der Waals surface area (Å²) in [5, 5.41) is 3.23. The number of aryl methyl sites for hydroxylation is 2. The van der Waals surface area contributed by atoms with Gasteiger partial charge in [0.1, 0.15) is 11.6 Å². The minimum Gasteiger partial charge on any atom is -0.329 e. The molecular weight excluding hydrogens is 265 g/mol. The largest absolute Gasteiger partial charge is 0.329 e. The van der Waals surface area contributed by atoms with E-state index < -0.39 is 0 Å². The fourth-order valence-electron chi connectivity index (χ4n) is 2.46. The summed E-state index contributed by atoms with van der Waals surface area (Å²) >= 11 is 0. The molecule has 0 amide bonds. The Kier molecular flexibility index (Phi) is 4.91. The van der Waals surface area contributed by atoms with Crippen molar-refractivity contribution < 1.29 is 4.39 Å². The second-order valence-electron chi connectivity index (χ2n) is 5.27. The Labute approximate surface area is 125 Å². The van der Waals surface area contributed by atoms with Crippen LogP contribution in [-0.2, 0) is 6.54 Å². The van der Waals surface area contributed by atoms with Gasteiger partial charge in [-0.1, -0.05) is 24.6 Å². The topological polar surface area (TPSA) is 28.2 Å². The van der Waals surface area contributed by atoms with Crippen LogP contribution in [0.3, 0.4) is 0 Å². The summed E-state index contributed by atoms with van der Waals surface area (Å²) in [6, 6.07) is 7.84. The molecule has 1 aromatic heterocycles. The molecule has 1 N–H and O–H groups in total. The van der Waals surface area contributed by atoms with Gasteiger partial charge in [-0.15, -0.1) is 0 Å². The van der Waals surface area contributed by atoms with Crippen molar-refractivity contribution in [2.75, 3.05) is 18.5 Å². The lowest BCUT2D eigenvalue weighted by molar-refractivity contribution is 0.614. The van der Waals surface area contributed by atoms with Gasteiger partial charge in [0.05, 0.1) is 6.20 Å². The zero-order valence-corrected chi connectivity index (χ0v) is 13.1. The molecule has 0 aliphatic carbocycles. The number of halogens is 1. The van der Waals surface area contributed by atoms with E-state index in [1.165, 1.54) is 17.3 Å². The van der Waals surface area contributed by atoms with Gasteiger partial charge in [-0.3, -0.25) is 0 Å².